The molecule has 2 fully saturated rings. The number of rotatable bonds is 5. The van der Waals surface area contributed by atoms with Crippen molar-refractivity contribution < 1.29 is 17.6 Å². The summed E-state index contributed by atoms with van der Waals surface area (Å²) in [6.45, 7) is 2.79. The first kappa shape index (κ1) is 20.1. The van der Waals surface area contributed by atoms with Crippen molar-refractivity contribution >= 4 is 34.0 Å². The Morgan fingerprint density at radius 1 is 1.28 bits per heavy atom. The van der Waals surface area contributed by atoms with Gasteiger partial charge in [-0.1, -0.05) is 0 Å². The SMILES string of the molecule is C[C@H]1C[C@@H](C(=O)Nc2ccc(F)c(S(=O)(=O)NC3CC3)c2)CCN1.Cl. The lowest BCUT2D eigenvalue weighted by Crippen LogP contribution is -2.40. The van der Waals surface area contributed by atoms with Gasteiger partial charge in [-0.3, -0.25) is 4.79 Å². The molecule has 1 aliphatic heterocycles. The van der Waals surface area contributed by atoms with Gasteiger partial charge in [-0.25, -0.2) is 17.5 Å². The second kappa shape index (κ2) is 7.99. The van der Waals surface area contributed by atoms with Crippen LogP contribution in [0.4, 0.5) is 10.1 Å². The summed E-state index contributed by atoms with van der Waals surface area (Å²) in [6, 6.07) is 3.80. The topological polar surface area (TPSA) is 87.3 Å². The Kier molecular flexibility index (Phi) is 6.42. The van der Waals surface area contributed by atoms with Crippen molar-refractivity contribution in [3.63, 3.8) is 0 Å². The highest BCUT2D eigenvalue weighted by Crippen LogP contribution is 2.26. The van der Waals surface area contributed by atoms with Gasteiger partial charge in [-0.2, -0.15) is 0 Å². The molecule has 140 valence electrons. The molecule has 1 heterocycles. The number of anilines is 1. The van der Waals surface area contributed by atoms with E-state index in [1.54, 1.807) is 0 Å². The molecule has 6 nitrogen and oxygen atoms in total. The molecule has 3 rings (SSSR count). The Morgan fingerprint density at radius 3 is 2.64 bits per heavy atom. The van der Waals surface area contributed by atoms with Crippen LogP contribution in [0.5, 0.6) is 0 Å². The van der Waals surface area contributed by atoms with Gasteiger partial charge >= 0.3 is 0 Å². The largest absolute Gasteiger partial charge is 0.326 e. The minimum absolute atomic E-state index is 0. The molecule has 0 unspecified atom stereocenters. The maximum atomic E-state index is 13.9. The molecule has 1 amide bonds. The molecule has 1 saturated carbocycles. The third-order valence-electron chi connectivity index (χ3n) is 4.38. The van der Waals surface area contributed by atoms with Gasteiger partial charge in [-0.15, -0.1) is 12.4 Å². The standard InChI is InChI=1S/C16H22FN3O3S.ClH/c1-10-8-11(6-7-18-10)16(21)19-13-4-5-14(17)15(9-13)24(22,23)20-12-2-3-12;/h4-5,9-12,18,20H,2-3,6-8H2,1H3,(H,19,21);1H/t10-,11-;/m0./s1. The van der Waals surface area contributed by atoms with Gasteiger partial charge in [0.25, 0.3) is 0 Å². The lowest BCUT2D eigenvalue weighted by atomic mass is 9.92. The Bertz CT molecular complexity index is 740. The van der Waals surface area contributed by atoms with Gasteiger partial charge < -0.3 is 10.6 Å². The van der Waals surface area contributed by atoms with Crippen LogP contribution in [-0.4, -0.2) is 33.0 Å². The van der Waals surface area contributed by atoms with Gasteiger partial charge in [0.05, 0.1) is 0 Å². The fourth-order valence-electron chi connectivity index (χ4n) is 2.89. The highest BCUT2D eigenvalue weighted by Gasteiger charge is 2.30. The van der Waals surface area contributed by atoms with E-state index in [0.29, 0.717) is 5.69 Å². The first-order valence-electron chi connectivity index (χ1n) is 8.21. The number of carbonyl (C=O) groups is 1. The number of sulfonamides is 1. The number of hydrogen-bond donors (Lipinski definition) is 3. The van der Waals surface area contributed by atoms with Crippen LogP contribution < -0.4 is 15.4 Å². The van der Waals surface area contributed by atoms with E-state index in [1.807, 2.05) is 6.92 Å². The lowest BCUT2D eigenvalue weighted by molar-refractivity contribution is -0.120. The van der Waals surface area contributed by atoms with Gasteiger partial charge in [0.1, 0.15) is 10.7 Å². The van der Waals surface area contributed by atoms with E-state index in [9.17, 15) is 17.6 Å². The molecule has 25 heavy (non-hydrogen) atoms. The third kappa shape index (κ3) is 5.13. The Balaban J connectivity index is 0.00000225. The minimum Gasteiger partial charge on any atom is -0.326 e. The van der Waals surface area contributed by atoms with E-state index in [4.69, 9.17) is 0 Å². The van der Waals surface area contributed by atoms with Crippen LogP contribution in [0.25, 0.3) is 0 Å². The number of piperidine rings is 1. The molecular weight excluding hydrogens is 369 g/mol. The van der Waals surface area contributed by atoms with Crippen LogP contribution in [0, 0.1) is 11.7 Å². The number of carbonyl (C=O) groups excluding carboxylic acids is 1. The summed E-state index contributed by atoms with van der Waals surface area (Å²) in [5.74, 6) is -1.11. The zero-order chi connectivity index (χ0) is 17.3. The van der Waals surface area contributed by atoms with Gasteiger partial charge in [-0.05, 0) is 57.4 Å². The van der Waals surface area contributed by atoms with Crippen molar-refractivity contribution in [3.05, 3.63) is 24.0 Å². The average molecular weight is 392 g/mol. The minimum atomic E-state index is -3.91. The Morgan fingerprint density at radius 2 is 2.00 bits per heavy atom. The molecule has 1 aliphatic carbocycles. The zero-order valence-corrected chi connectivity index (χ0v) is 15.6. The van der Waals surface area contributed by atoms with Gasteiger partial charge in [0.15, 0.2) is 0 Å². The number of benzene rings is 1. The van der Waals surface area contributed by atoms with Crippen LogP contribution in [0.1, 0.15) is 32.6 Å². The molecule has 0 bridgehead atoms. The smallest absolute Gasteiger partial charge is 0.243 e. The molecule has 0 radical (unpaired) electrons. The fraction of sp³-hybridized carbons (Fsp3) is 0.562. The van der Waals surface area contributed by atoms with Crippen molar-refractivity contribution in [2.75, 3.05) is 11.9 Å². The quantitative estimate of drug-likeness (QED) is 0.716. The highest BCUT2D eigenvalue weighted by molar-refractivity contribution is 7.89. The lowest BCUT2D eigenvalue weighted by Gasteiger charge is -2.27. The van der Waals surface area contributed by atoms with Crippen molar-refractivity contribution in [1.82, 2.24) is 10.0 Å². The van der Waals surface area contributed by atoms with Crippen molar-refractivity contribution in [1.29, 1.82) is 0 Å². The molecule has 1 aromatic rings. The molecular formula is C16H23ClFN3O3S. The fourth-order valence-corrected chi connectivity index (χ4v) is 4.29. The van der Waals surface area contributed by atoms with E-state index < -0.39 is 20.7 Å². The van der Waals surface area contributed by atoms with Gasteiger partial charge in [0, 0.05) is 23.7 Å². The van der Waals surface area contributed by atoms with E-state index in [0.717, 1.165) is 38.3 Å². The van der Waals surface area contributed by atoms with Crippen molar-refractivity contribution in [2.24, 2.45) is 5.92 Å². The Labute approximate surface area is 153 Å². The van der Waals surface area contributed by atoms with E-state index in [2.05, 4.69) is 15.4 Å². The van der Waals surface area contributed by atoms with E-state index in [1.165, 1.54) is 12.1 Å². The number of nitrogens with one attached hydrogen (secondary N) is 3. The van der Waals surface area contributed by atoms with Gasteiger partial charge in [0.2, 0.25) is 15.9 Å². The summed E-state index contributed by atoms with van der Waals surface area (Å²) >= 11 is 0. The molecule has 1 aromatic carbocycles. The molecule has 2 atom stereocenters. The van der Waals surface area contributed by atoms with Crippen LogP contribution >= 0.6 is 12.4 Å². The molecule has 1 saturated heterocycles. The summed E-state index contributed by atoms with van der Waals surface area (Å²) in [4.78, 5) is 11.9. The first-order chi connectivity index (χ1) is 11.3. The van der Waals surface area contributed by atoms with Crippen LogP contribution in [-0.2, 0) is 14.8 Å². The predicted molar refractivity (Wildman–Crippen MR) is 95.8 cm³/mol. The number of halogens is 2. The molecule has 2 aliphatic rings. The summed E-state index contributed by atoms with van der Waals surface area (Å²) in [5.41, 5.74) is 0.295. The van der Waals surface area contributed by atoms with E-state index in [-0.39, 0.29) is 36.3 Å². The second-order valence-corrected chi connectivity index (χ2v) is 8.29. The molecule has 0 spiro atoms. The molecule has 0 aromatic heterocycles. The van der Waals surface area contributed by atoms with E-state index >= 15 is 0 Å². The normalized spacial score (nSPS) is 23.6. The predicted octanol–water partition coefficient (Wildman–Crippen LogP) is 2.01. The van der Waals surface area contributed by atoms with Crippen LogP contribution in [0.3, 0.4) is 0 Å². The Hall–Kier alpha value is -1.22. The van der Waals surface area contributed by atoms with Crippen molar-refractivity contribution in [2.45, 2.75) is 49.6 Å². The summed E-state index contributed by atoms with van der Waals surface area (Å²) < 4.78 is 40.8. The number of amides is 1. The molecule has 9 heteroatoms. The monoisotopic (exact) mass is 391 g/mol. The highest BCUT2D eigenvalue weighted by atomic mass is 35.5. The summed E-state index contributed by atoms with van der Waals surface area (Å²) in [7, 11) is -3.91. The maximum Gasteiger partial charge on any atom is 0.243 e. The summed E-state index contributed by atoms with van der Waals surface area (Å²) in [6.07, 6.45) is 2.99. The number of hydrogen-bond acceptors (Lipinski definition) is 4. The van der Waals surface area contributed by atoms with Crippen LogP contribution in [0.2, 0.25) is 0 Å². The van der Waals surface area contributed by atoms with Crippen LogP contribution in [0.15, 0.2) is 23.1 Å². The first-order valence-corrected chi connectivity index (χ1v) is 9.69. The third-order valence-corrected chi connectivity index (χ3v) is 5.92. The molecule has 3 N–H and O–H groups in total. The zero-order valence-electron chi connectivity index (χ0n) is 13.9. The average Bonchev–Trinajstić information content (AvgIpc) is 3.32. The maximum absolute atomic E-state index is 13.9. The van der Waals surface area contributed by atoms with Crippen molar-refractivity contribution in [3.8, 4) is 0 Å². The summed E-state index contributed by atoms with van der Waals surface area (Å²) in [5, 5.41) is 5.99. The second-order valence-electron chi connectivity index (χ2n) is 6.61.